The third-order valence-electron chi connectivity index (χ3n) is 3.05. The Hall–Kier alpha value is -1.96. The molecule has 0 aliphatic rings. The Labute approximate surface area is 141 Å². The number of hydrogen-bond acceptors (Lipinski definition) is 2. The minimum atomic E-state index is -0.376. The van der Waals surface area contributed by atoms with Gasteiger partial charge in [-0.05, 0) is 58.5 Å². The SMILES string of the molecule is CNC(=O)c1cccc(CNC(=O)c2ccc(F)cc2I)c1. The summed E-state index contributed by atoms with van der Waals surface area (Å²) in [6, 6.07) is 11.0. The average Bonchev–Trinajstić information content (AvgIpc) is 2.52. The van der Waals surface area contributed by atoms with E-state index >= 15 is 0 Å². The van der Waals surface area contributed by atoms with Crippen LogP contribution in [0.2, 0.25) is 0 Å². The second-order valence-electron chi connectivity index (χ2n) is 4.59. The highest BCUT2D eigenvalue weighted by Crippen LogP contribution is 2.14. The van der Waals surface area contributed by atoms with Gasteiger partial charge in [0.15, 0.2) is 0 Å². The molecule has 0 spiro atoms. The van der Waals surface area contributed by atoms with E-state index in [1.165, 1.54) is 18.2 Å². The summed E-state index contributed by atoms with van der Waals surface area (Å²) in [5.74, 6) is -0.838. The van der Waals surface area contributed by atoms with Crippen molar-refractivity contribution in [1.82, 2.24) is 10.6 Å². The van der Waals surface area contributed by atoms with Gasteiger partial charge in [0.25, 0.3) is 11.8 Å². The minimum absolute atomic E-state index is 0.179. The van der Waals surface area contributed by atoms with Gasteiger partial charge in [0.05, 0.1) is 5.56 Å². The van der Waals surface area contributed by atoms with E-state index in [0.29, 0.717) is 14.7 Å². The first-order chi connectivity index (χ1) is 10.5. The highest BCUT2D eigenvalue weighted by molar-refractivity contribution is 14.1. The molecular weight excluding hydrogens is 398 g/mol. The third kappa shape index (κ3) is 4.03. The first-order valence-electron chi connectivity index (χ1n) is 6.55. The van der Waals surface area contributed by atoms with Crippen LogP contribution in [0.15, 0.2) is 42.5 Å². The largest absolute Gasteiger partial charge is 0.355 e. The molecule has 2 aromatic rings. The van der Waals surface area contributed by atoms with Crippen LogP contribution in [0, 0.1) is 9.39 Å². The Balaban J connectivity index is 2.06. The van der Waals surface area contributed by atoms with Crippen LogP contribution < -0.4 is 10.6 Å². The lowest BCUT2D eigenvalue weighted by Gasteiger charge is -2.08. The molecule has 0 atom stereocenters. The van der Waals surface area contributed by atoms with Crippen LogP contribution >= 0.6 is 22.6 Å². The van der Waals surface area contributed by atoms with Crippen molar-refractivity contribution in [2.75, 3.05) is 7.05 Å². The van der Waals surface area contributed by atoms with Gasteiger partial charge in [-0.15, -0.1) is 0 Å². The fourth-order valence-corrected chi connectivity index (χ4v) is 2.64. The van der Waals surface area contributed by atoms with Gasteiger partial charge in [0, 0.05) is 22.7 Å². The second-order valence-corrected chi connectivity index (χ2v) is 5.75. The summed E-state index contributed by atoms with van der Waals surface area (Å²) in [4.78, 5) is 23.7. The Bertz CT molecular complexity index is 719. The van der Waals surface area contributed by atoms with E-state index in [4.69, 9.17) is 0 Å². The van der Waals surface area contributed by atoms with E-state index in [1.54, 1.807) is 25.2 Å². The van der Waals surface area contributed by atoms with Crippen LogP contribution in [0.5, 0.6) is 0 Å². The Morgan fingerprint density at radius 1 is 1.14 bits per heavy atom. The fraction of sp³-hybridized carbons (Fsp3) is 0.125. The van der Waals surface area contributed by atoms with E-state index in [0.717, 1.165) is 5.56 Å². The average molecular weight is 412 g/mol. The van der Waals surface area contributed by atoms with Crippen molar-refractivity contribution in [2.24, 2.45) is 0 Å². The molecule has 0 aromatic heterocycles. The summed E-state index contributed by atoms with van der Waals surface area (Å²) in [5.41, 5.74) is 1.77. The standard InChI is InChI=1S/C16H14FIN2O2/c1-19-15(21)11-4-2-3-10(7-11)9-20-16(22)13-6-5-12(17)8-14(13)18/h2-8H,9H2,1H3,(H,19,21)(H,20,22). The molecule has 2 N–H and O–H groups in total. The summed E-state index contributed by atoms with van der Waals surface area (Å²) in [6.45, 7) is 0.289. The summed E-state index contributed by atoms with van der Waals surface area (Å²) in [5, 5.41) is 5.31. The first-order valence-corrected chi connectivity index (χ1v) is 7.63. The van der Waals surface area contributed by atoms with E-state index in [1.807, 2.05) is 28.7 Å². The number of carbonyl (C=O) groups is 2. The Morgan fingerprint density at radius 2 is 1.91 bits per heavy atom. The zero-order valence-corrected chi connectivity index (χ0v) is 14.0. The van der Waals surface area contributed by atoms with Gasteiger partial charge in [-0.2, -0.15) is 0 Å². The first kappa shape index (κ1) is 16.4. The second kappa shape index (κ2) is 7.35. The van der Waals surface area contributed by atoms with E-state index in [2.05, 4.69) is 10.6 Å². The molecule has 0 heterocycles. The number of rotatable bonds is 4. The lowest BCUT2D eigenvalue weighted by atomic mass is 10.1. The third-order valence-corrected chi connectivity index (χ3v) is 3.94. The molecule has 0 radical (unpaired) electrons. The molecule has 22 heavy (non-hydrogen) atoms. The maximum absolute atomic E-state index is 13.0. The molecule has 2 aromatic carbocycles. The van der Waals surface area contributed by atoms with Gasteiger partial charge in [-0.1, -0.05) is 12.1 Å². The molecule has 4 nitrogen and oxygen atoms in total. The quantitative estimate of drug-likeness (QED) is 0.759. The van der Waals surface area contributed by atoms with Crippen molar-refractivity contribution >= 4 is 34.4 Å². The van der Waals surface area contributed by atoms with Crippen LogP contribution in [0.25, 0.3) is 0 Å². The lowest BCUT2D eigenvalue weighted by Crippen LogP contribution is -2.24. The van der Waals surface area contributed by atoms with Gasteiger partial charge in [-0.3, -0.25) is 9.59 Å². The van der Waals surface area contributed by atoms with E-state index < -0.39 is 0 Å². The van der Waals surface area contributed by atoms with Crippen molar-refractivity contribution in [3.63, 3.8) is 0 Å². The van der Waals surface area contributed by atoms with Crippen molar-refractivity contribution in [3.05, 3.63) is 68.5 Å². The zero-order valence-electron chi connectivity index (χ0n) is 11.8. The Kier molecular flexibility index (Phi) is 5.48. The highest BCUT2D eigenvalue weighted by Gasteiger charge is 2.11. The maximum Gasteiger partial charge on any atom is 0.252 e. The smallest absolute Gasteiger partial charge is 0.252 e. The molecule has 0 bridgehead atoms. The van der Waals surface area contributed by atoms with Gasteiger partial charge in [-0.25, -0.2) is 4.39 Å². The predicted octanol–water partition coefficient (Wildman–Crippen LogP) is 2.72. The van der Waals surface area contributed by atoms with Gasteiger partial charge >= 0.3 is 0 Å². The summed E-state index contributed by atoms with van der Waals surface area (Å²) >= 11 is 1.92. The van der Waals surface area contributed by atoms with Crippen LogP contribution in [-0.4, -0.2) is 18.9 Å². The Morgan fingerprint density at radius 3 is 2.59 bits per heavy atom. The number of nitrogens with one attached hydrogen (secondary N) is 2. The van der Waals surface area contributed by atoms with Crippen molar-refractivity contribution in [1.29, 1.82) is 0 Å². The van der Waals surface area contributed by atoms with Crippen molar-refractivity contribution < 1.29 is 14.0 Å². The number of amides is 2. The van der Waals surface area contributed by atoms with Gasteiger partial charge in [0.2, 0.25) is 0 Å². The van der Waals surface area contributed by atoms with Gasteiger partial charge < -0.3 is 10.6 Å². The molecule has 0 saturated carbocycles. The predicted molar refractivity (Wildman–Crippen MR) is 90.1 cm³/mol. The molecule has 0 saturated heterocycles. The summed E-state index contributed by atoms with van der Waals surface area (Å²) in [6.07, 6.45) is 0. The summed E-state index contributed by atoms with van der Waals surface area (Å²) in [7, 11) is 1.56. The zero-order chi connectivity index (χ0) is 16.1. The number of hydrogen-bond donors (Lipinski definition) is 2. The highest BCUT2D eigenvalue weighted by atomic mass is 127. The van der Waals surface area contributed by atoms with Crippen molar-refractivity contribution in [2.45, 2.75) is 6.54 Å². The number of benzene rings is 2. The molecule has 0 fully saturated rings. The molecule has 2 amide bonds. The van der Waals surface area contributed by atoms with E-state index in [9.17, 15) is 14.0 Å². The molecule has 2 rings (SSSR count). The molecule has 0 aliphatic carbocycles. The monoisotopic (exact) mass is 412 g/mol. The maximum atomic E-state index is 13.0. The van der Waals surface area contributed by atoms with E-state index in [-0.39, 0.29) is 24.2 Å². The van der Waals surface area contributed by atoms with Crippen LogP contribution in [0.3, 0.4) is 0 Å². The molecule has 0 aliphatic heterocycles. The molecule has 6 heteroatoms. The fourth-order valence-electron chi connectivity index (χ4n) is 1.92. The topological polar surface area (TPSA) is 58.2 Å². The number of halogens is 2. The number of carbonyl (C=O) groups excluding carboxylic acids is 2. The van der Waals surface area contributed by atoms with Crippen molar-refractivity contribution in [3.8, 4) is 0 Å². The minimum Gasteiger partial charge on any atom is -0.355 e. The lowest BCUT2D eigenvalue weighted by molar-refractivity contribution is 0.0947. The van der Waals surface area contributed by atoms with Gasteiger partial charge in [0.1, 0.15) is 5.82 Å². The van der Waals surface area contributed by atoms with Crippen LogP contribution in [0.1, 0.15) is 26.3 Å². The molecule has 114 valence electrons. The summed E-state index contributed by atoms with van der Waals surface area (Å²) < 4.78 is 13.6. The molecular formula is C16H14FIN2O2. The normalized spacial score (nSPS) is 10.1. The molecule has 0 unspecified atom stereocenters. The van der Waals surface area contributed by atoms with Crippen LogP contribution in [-0.2, 0) is 6.54 Å². The van der Waals surface area contributed by atoms with Crippen LogP contribution in [0.4, 0.5) is 4.39 Å².